The molecule has 0 spiro atoms. The summed E-state index contributed by atoms with van der Waals surface area (Å²) in [4.78, 5) is 22.0. The minimum absolute atomic E-state index is 0.0756. The first-order valence-electron chi connectivity index (χ1n) is 14.1. The Kier molecular flexibility index (Phi) is 16.7. The number of thioether (sulfide) groups is 1. The highest BCUT2D eigenvalue weighted by Gasteiger charge is 2.13. The molecule has 4 rings (SSSR count). The van der Waals surface area contributed by atoms with Gasteiger partial charge >= 0.3 is 0 Å². The van der Waals surface area contributed by atoms with E-state index in [-0.39, 0.29) is 12.5 Å². The van der Waals surface area contributed by atoms with Gasteiger partial charge in [0.05, 0.1) is 6.54 Å². The van der Waals surface area contributed by atoms with Crippen LogP contribution in [0.3, 0.4) is 0 Å². The molecule has 0 radical (unpaired) electrons. The van der Waals surface area contributed by atoms with E-state index in [1.165, 1.54) is 16.0 Å². The van der Waals surface area contributed by atoms with Gasteiger partial charge in [-0.15, -0.1) is 10.2 Å². The second-order valence-corrected chi connectivity index (χ2v) is 11.2. The summed E-state index contributed by atoms with van der Waals surface area (Å²) in [6, 6.07) is 16.4. The van der Waals surface area contributed by atoms with E-state index >= 15 is 0 Å². The number of carbonyl (C=O) groups excluding carboxylic acids is 2. The van der Waals surface area contributed by atoms with E-state index in [1.807, 2.05) is 30.5 Å². The molecule has 2 aromatic carbocycles. The molecule has 2 heterocycles. The van der Waals surface area contributed by atoms with Crippen molar-refractivity contribution in [3.05, 3.63) is 93.8 Å². The zero-order chi connectivity index (χ0) is 30.7. The number of carbonyl (C=O) groups is 2. The molecule has 0 atom stereocenters. The van der Waals surface area contributed by atoms with Crippen molar-refractivity contribution in [1.29, 1.82) is 0 Å². The summed E-state index contributed by atoms with van der Waals surface area (Å²) >= 11 is 13.4. The first-order valence-corrected chi connectivity index (χ1v) is 16.1. The van der Waals surface area contributed by atoms with Crippen LogP contribution in [-0.2, 0) is 22.4 Å². The van der Waals surface area contributed by atoms with Gasteiger partial charge in [-0.2, -0.15) is 0 Å². The summed E-state index contributed by atoms with van der Waals surface area (Å²) in [5.41, 5.74) is 3.71. The lowest BCUT2D eigenvalue weighted by Gasteiger charge is -2.21. The zero-order valence-electron chi connectivity index (χ0n) is 24.9. The third kappa shape index (κ3) is 12.8. The van der Waals surface area contributed by atoms with Crippen molar-refractivity contribution in [2.24, 2.45) is 0 Å². The monoisotopic (exact) mass is 629 g/mol. The minimum atomic E-state index is -0.0756. The predicted molar refractivity (Wildman–Crippen MR) is 176 cm³/mol. The van der Waals surface area contributed by atoms with Crippen LogP contribution in [0.4, 0.5) is 0 Å². The molecule has 3 aromatic rings. The molecule has 10 heteroatoms. The molecule has 1 aromatic heterocycles. The van der Waals surface area contributed by atoms with Crippen molar-refractivity contribution >= 4 is 47.3 Å². The number of hydrogen-bond donors (Lipinski definition) is 1. The number of piperazine rings is 1. The van der Waals surface area contributed by atoms with Crippen LogP contribution in [0.1, 0.15) is 50.1 Å². The van der Waals surface area contributed by atoms with E-state index in [0.29, 0.717) is 19.5 Å². The highest BCUT2D eigenvalue weighted by atomic mass is 35.5. The molecule has 1 N–H and O–H groups in total. The van der Waals surface area contributed by atoms with Crippen LogP contribution < -0.4 is 5.32 Å². The first kappa shape index (κ1) is 35.1. The molecule has 0 unspecified atom stereocenters. The number of allylic oxidation sites excluding steroid dienone is 4. The fourth-order valence-corrected chi connectivity index (χ4v) is 4.84. The highest BCUT2D eigenvalue weighted by molar-refractivity contribution is 7.98. The lowest BCUT2D eigenvalue weighted by molar-refractivity contribution is -0.130. The van der Waals surface area contributed by atoms with Gasteiger partial charge in [-0.1, -0.05) is 85.2 Å². The molecular formula is C32H41Cl2N5O2S. The second-order valence-electron chi connectivity index (χ2n) is 9.52. The summed E-state index contributed by atoms with van der Waals surface area (Å²) in [5, 5.41) is 13.7. The molecule has 1 aliphatic rings. The van der Waals surface area contributed by atoms with E-state index in [9.17, 15) is 9.59 Å². The molecular weight excluding hydrogens is 589 g/mol. The number of nitrogens with zero attached hydrogens (tertiary/aromatic N) is 4. The van der Waals surface area contributed by atoms with Crippen molar-refractivity contribution < 1.29 is 9.59 Å². The van der Waals surface area contributed by atoms with E-state index in [1.54, 1.807) is 11.8 Å². The SMILES string of the molecule is CC/C=C(Cl)\C=C/CCc1ccc(Cl)cc1.CCCc1nnc(SC)n1-c1cccc(C)c1.O=CN1CCNC(=O)C1. The van der Waals surface area contributed by atoms with Crippen molar-refractivity contribution in [2.45, 2.75) is 58.0 Å². The van der Waals surface area contributed by atoms with Gasteiger partial charge in [-0.05, 0) is 80.3 Å². The number of amides is 2. The van der Waals surface area contributed by atoms with Gasteiger partial charge in [0.15, 0.2) is 5.16 Å². The number of hydrogen-bond acceptors (Lipinski definition) is 5. The molecule has 0 saturated carbocycles. The standard InChI is InChI=1S/C14H16Cl2.C13H17N3S.C5H8N2O2/c1-2-5-13(15)7-4-3-6-12-8-10-14(16)11-9-12;1-4-6-12-14-15-13(17-3)16(12)11-8-5-7-10(2)9-11;8-4-7-2-1-6-5(9)3-7/h4-5,7-11H,2-3,6H2,1H3;5,7-9H,4,6H2,1-3H3;4H,1-3H2,(H,6,9)/b7-4-,13-5+;;. The van der Waals surface area contributed by atoms with Crippen LogP contribution in [0.15, 0.2) is 76.9 Å². The second kappa shape index (κ2) is 19.9. The number of benzene rings is 2. The Labute approximate surface area is 264 Å². The maximum Gasteiger partial charge on any atom is 0.239 e. The largest absolute Gasteiger partial charge is 0.353 e. The summed E-state index contributed by atoms with van der Waals surface area (Å²) in [7, 11) is 0. The molecule has 1 saturated heterocycles. The van der Waals surface area contributed by atoms with Crippen LogP contribution in [0.25, 0.3) is 5.69 Å². The Morgan fingerprint density at radius 3 is 2.48 bits per heavy atom. The number of rotatable bonds is 10. The number of halogens is 2. The third-order valence-electron chi connectivity index (χ3n) is 6.02. The van der Waals surface area contributed by atoms with E-state index in [0.717, 1.165) is 58.8 Å². The molecule has 226 valence electrons. The van der Waals surface area contributed by atoms with Gasteiger partial charge in [0.25, 0.3) is 0 Å². The topological polar surface area (TPSA) is 80.1 Å². The highest BCUT2D eigenvalue weighted by Crippen LogP contribution is 2.21. The van der Waals surface area contributed by atoms with Crippen LogP contribution >= 0.6 is 35.0 Å². The zero-order valence-corrected chi connectivity index (χ0v) is 27.2. The summed E-state index contributed by atoms with van der Waals surface area (Å²) < 4.78 is 2.15. The van der Waals surface area contributed by atoms with Crippen LogP contribution in [0, 0.1) is 6.92 Å². The summed E-state index contributed by atoms with van der Waals surface area (Å²) in [5.74, 6) is 0.968. The van der Waals surface area contributed by atoms with Crippen molar-refractivity contribution in [3.63, 3.8) is 0 Å². The number of aryl methyl sites for hydroxylation is 3. The van der Waals surface area contributed by atoms with Gasteiger partial charge in [0.1, 0.15) is 5.82 Å². The quantitative estimate of drug-likeness (QED) is 0.146. The lowest BCUT2D eigenvalue weighted by Crippen LogP contribution is -2.46. The van der Waals surface area contributed by atoms with Crippen molar-refractivity contribution in [2.75, 3.05) is 25.9 Å². The lowest BCUT2D eigenvalue weighted by atomic mass is 10.1. The maximum atomic E-state index is 10.5. The molecule has 0 aliphatic carbocycles. The normalized spacial score (nSPS) is 13.1. The van der Waals surface area contributed by atoms with Crippen LogP contribution in [0.5, 0.6) is 0 Å². The van der Waals surface area contributed by atoms with Gasteiger partial charge in [0.2, 0.25) is 12.3 Å². The van der Waals surface area contributed by atoms with Crippen LogP contribution in [0.2, 0.25) is 5.02 Å². The molecule has 0 bridgehead atoms. The van der Waals surface area contributed by atoms with Gasteiger partial charge < -0.3 is 10.2 Å². The van der Waals surface area contributed by atoms with Gasteiger partial charge in [-0.3, -0.25) is 14.2 Å². The van der Waals surface area contributed by atoms with E-state index in [4.69, 9.17) is 23.2 Å². The Morgan fingerprint density at radius 2 is 1.88 bits per heavy atom. The maximum absolute atomic E-state index is 10.5. The van der Waals surface area contributed by atoms with E-state index < -0.39 is 0 Å². The summed E-state index contributed by atoms with van der Waals surface area (Å²) in [6.45, 7) is 7.76. The Bertz CT molecular complexity index is 1310. The molecule has 1 aliphatic heterocycles. The molecule has 2 amide bonds. The third-order valence-corrected chi connectivity index (χ3v) is 7.18. The Morgan fingerprint density at radius 1 is 1.12 bits per heavy atom. The average Bonchev–Trinajstić information content (AvgIpc) is 3.40. The van der Waals surface area contributed by atoms with E-state index in [2.05, 4.69) is 83.3 Å². The summed E-state index contributed by atoms with van der Waals surface area (Å²) in [6.07, 6.45) is 13.8. The van der Waals surface area contributed by atoms with Crippen LogP contribution in [-0.4, -0.2) is 57.9 Å². The first-order chi connectivity index (χ1) is 20.3. The average molecular weight is 631 g/mol. The molecule has 7 nitrogen and oxygen atoms in total. The molecule has 1 fully saturated rings. The smallest absolute Gasteiger partial charge is 0.239 e. The van der Waals surface area contributed by atoms with Gasteiger partial charge in [-0.25, -0.2) is 0 Å². The number of aromatic nitrogens is 3. The van der Waals surface area contributed by atoms with Crippen molar-refractivity contribution in [3.8, 4) is 5.69 Å². The van der Waals surface area contributed by atoms with Gasteiger partial charge in [0, 0.05) is 35.3 Å². The molecule has 42 heavy (non-hydrogen) atoms. The minimum Gasteiger partial charge on any atom is -0.353 e. The fraction of sp³-hybridized carbons (Fsp3) is 0.375. The number of nitrogens with one attached hydrogen (secondary N) is 1. The van der Waals surface area contributed by atoms with Crippen molar-refractivity contribution in [1.82, 2.24) is 25.0 Å². The Balaban J connectivity index is 0.000000230. The Hall–Kier alpha value is -3.07. The predicted octanol–water partition coefficient (Wildman–Crippen LogP) is 7.19. The fourth-order valence-electron chi connectivity index (χ4n) is 3.95.